The Kier molecular flexibility index (Phi) is 5.13. The third kappa shape index (κ3) is 3.78. The second-order valence-electron chi connectivity index (χ2n) is 7.05. The smallest absolute Gasteiger partial charge is 0.260 e. The zero-order valence-electron chi connectivity index (χ0n) is 15.7. The van der Waals surface area contributed by atoms with Crippen molar-refractivity contribution in [3.05, 3.63) is 53.1 Å². The van der Waals surface area contributed by atoms with Crippen LogP contribution < -0.4 is 14.5 Å². The number of hydrogen-bond donors (Lipinski definition) is 0. The maximum Gasteiger partial charge on any atom is 0.260 e. The van der Waals surface area contributed by atoms with Gasteiger partial charge in [0.15, 0.2) is 6.61 Å². The summed E-state index contributed by atoms with van der Waals surface area (Å²) in [6.45, 7) is 2.84. The molecule has 2 heterocycles. The predicted molar refractivity (Wildman–Crippen MR) is 109 cm³/mol. The monoisotopic (exact) mass is 399 g/mol. The number of amides is 2. The Labute approximate surface area is 169 Å². The van der Waals surface area contributed by atoms with Crippen LogP contribution in [0.4, 0.5) is 11.4 Å². The van der Waals surface area contributed by atoms with E-state index in [1.54, 1.807) is 29.2 Å². The van der Waals surface area contributed by atoms with Gasteiger partial charge in [0.2, 0.25) is 5.91 Å². The third-order valence-corrected chi connectivity index (χ3v) is 5.57. The molecule has 2 aromatic carbocycles. The first-order valence-electron chi connectivity index (χ1n) is 9.32. The van der Waals surface area contributed by atoms with Gasteiger partial charge in [-0.05, 0) is 48.0 Å². The molecule has 0 radical (unpaired) electrons. The summed E-state index contributed by atoms with van der Waals surface area (Å²) in [6, 6.07) is 13.1. The van der Waals surface area contributed by atoms with Crippen molar-refractivity contribution >= 4 is 34.8 Å². The molecule has 2 aliphatic rings. The Hall–Kier alpha value is -2.73. The summed E-state index contributed by atoms with van der Waals surface area (Å²) < 4.78 is 5.56. The van der Waals surface area contributed by atoms with Gasteiger partial charge >= 0.3 is 0 Å². The van der Waals surface area contributed by atoms with E-state index in [1.807, 2.05) is 18.0 Å². The van der Waals surface area contributed by atoms with Crippen LogP contribution in [0.5, 0.6) is 5.75 Å². The number of carbonyl (C=O) groups excluding carboxylic acids is 2. The normalized spacial score (nSPS) is 16.4. The first-order valence-corrected chi connectivity index (χ1v) is 9.69. The molecule has 2 amide bonds. The van der Waals surface area contributed by atoms with Gasteiger partial charge in [-0.15, -0.1) is 0 Å². The quantitative estimate of drug-likeness (QED) is 0.793. The average Bonchev–Trinajstić information content (AvgIpc) is 3.00. The van der Waals surface area contributed by atoms with E-state index < -0.39 is 0 Å². The van der Waals surface area contributed by atoms with Crippen LogP contribution in [0.25, 0.3) is 0 Å². The third-order valence-electron chi connectivity index (χ3n) is 5.31. The number of piperazine rings is 1. The molecule has 0 N–H and O–H groups in total. The predicted octanol–water partition coefficient (Wildman–Crippen LogP) is 2.59. The van der Waals surface area contributed by atoms with Crippen molar-refractivity contribution < 1.29 is 14.3 Å². The van der Waals surface area contributed by atoms with E-state index in [0.717, 1.165) is 30.0 Å². The first kappa shape index (κ1) is 18.6. The number of nitrogens with zero attached hydrogens (tertiary/aromatic N) is 3. The molecule has 2 aliphatic heterocycles. The highest BCUT2D eigenvalue weighted by Crippen LogP contribution is 2.31. The van der Waals surface area contributed by atoms with Gasteiger partial charge in [-0.3, -0.25) is 9.59 Å². The fraction of sp³-hybridized carbons (Fsp3) is 0.333. The molecule has 0 unspecified atom stereocenters. The molecule has 7 heteroatoms. The lowest BCUT2D eigenvalue weighted by Crippen LogP contribution is -2.50. The van der Waals surface area contributed by atoms with Crippen molar-refractivity contribution in [3.8, 4) is 5.75 Å². The number of halogens is 1. The standard InChI is InChI=1S/C21H22ClN3O3/c1-23-19-7-4-17(12-15(19)13-20(23)26)24-8-10-25(11-9-24)21(27)14-28-18-5-2-16(22)3-6-18/h2-7,12H,8-11,13-14H2,1H3. The highest BCUT2D eigenvalue weighted by Gasteiger charge is 2.26. The molecule has 0 atom stereocenters. The number of anilines is 2. The lowest BCUT2D eigenvalue weighted by molar-refractivity contribution is -0.133. The van der Waals surface area contributed by atoms with Crippen molar-refractivity contribution in [2.75, 3.05) is 49.6 Å². The summed E-state index contributed by atoms with van der Waals surface area (Å²) in [5, 5.41) is 0.636. The number of likely N-dealkylation sites (N-methyl/N-ethyl adjacent to an activating group) is 1. The van der Waals surface area contributed by atoms with Crippen molar-refractivity contribution in [2.45, 2.75) is 6.42 Å². The average molecular weight is 400 g/mol. The van der Waals surface area contributed by atoms with Crippen LogP contribution in [-0.2, 0) is 16.0 Å². The summed E-state index contributed by atoms with van der Waals surface area (Å²) in [7, 11) is 1.81. The molecule has 6 nitrogen and oxygen atoms in total. The Morgan fingerprint density at radius 1 is 1.07 bits per heavy atom. The van der Waals surface area contributed by atoms with E-state index in [9.17, 15) is 9.59 Å². The fourth-order valence-electron chi connectivity index (χ4n) is 3.63. The molecule has 1 saturated heterocycles. The maximum atomic E-state index is 12.4. The zero-order valence-corrected chi connectivity index (χ0v) is 16.5. The second-order valence-corrected chi connectivity index (χ2v) is 7.49. The fourth-order valence-corrected chi connectivity index (χ4v) is 3.76. The number of ether oxygens (including phenoxy) is 1. The molecule has 28 heavy (non-hydrogen) atoms. The van der Waals surface area contributed by atoms with Crippen LogP contribution in [0.1, 0.15) is 5.56 Å². The largest absolute Gasteiger partial charge is 0.484 e. The summed E-state index contributed by atoms with van der Waals surface area (Å²) in [6.07, 6.45) is 0.458. The molecule has 146 valence electrons. The van der Waals surface area contributed by atoms with Crippen LogP contribution in [0, 0.1) is 0 Å². The van der Waals surface area contributed by atoms with Gasteiger partial charge in [0.05, 0.1) is 6.42 Å². The van der Waals surface area contributed by atoms with E-state index in [1.165, 1.54) is 0 Å². The van der Waals surface area contributed by atoms with Crippen LogP contribution in [0.3, 0.4) is 0 Å². The summed E-state index contributed by atoms with van der Waals surface area (Å²) in [5.74, 6) is 0.744. The van der Waals surface area contributed by atoms with Crippen molar-refractivity contribution in [1.82, 2.24) is 4.90 Å². The number of fused-ring (bicyclic) bond motifs is 1. The van der Waals surface area contributed by atoms with Crippen LogP contribution >= 0.6 is 11.6 Å². The lowest BCUT2D eigenvalue weighted by Gasteiger charge is -2.36. The zero-order chi connectivity index (χ0) is 19.7. The first-order chi connectivity index (χ1) is 13.5. The molecular weight excluding hydrogens is 378 g/mol. The van der Waals surface area contributed by atoms with Crippen LogP contribution in [0.2, 0.25) is 5.02 Å². The lowest BCUT2D eigenvalue weighted by atomic mass is 10.1. The number of hydrogen-bond acceptors (Lipinski definition) is 4. The van der Waals surface area contributed by atoms with E-state index in [2.05, 4.69) is 17.0 Å². The number of carbonyl (C=O) groups is 2. The molecule has 0 aromatic heterocycles. The highest BCUT2D eigenvalue weighted by molar-refractivity contribution is 6.30. The Morgan fingerprint density at radius 3 is 2.50 bits per heavy atom. The van der Waals surface area contributed by atoms with Gasteiger partial charge in [-0.25, -0.2) is 0 Å². The SMILES string of the molecule is CN1C(=O)Cc2cc(N3CCN(C(=O)COc4ccc(Cl)cc4)CC3)ccc21. The minimum Gasteiger partial charge on any atom is -0.484 e. The van der Waals surface area contributed by atoms with Gasteiger partial charge < -0.3 is 19.4 Å². The molecule has 0 spiro atoms. The molecular formula is C21H22ClN3O3. The minimum atomic E-state index is -0.0178. The second kappa shape index (κ2) is 7.72. The molecule has 0 saturated carbocycles. The number of benzene rings is 2. The van der Waals surface area contributed by atoms with Gasteiger partial charge in [-0.1, -0.05) is 11.6 Å². The topological polar surface area (TPSA) is 53.1 Å². The van der Waals surface area contributed by atoms with E-state index in [0.29, 0.717) is 30.3 Å². The molecule has 0 aliphatic carbocycles. The molecule has 0 bridgehead atoms. The van der Waals surface area contributed by atoms with Gasteiger partial charge in [0, 0.05) is 49.6 Å². The minimum absolute atomic E-state index is 0.0178. The van der Waals surface area contributed by atoms with E-state index in [-0.39, 0.29) is 18.4 Å². The van der Waals surface area contributed by atoms with Crippen molar-refractivity contribution in [3.63, 3.8) is 0 Å². The van der Waals surface area contributed by atoms with Gasteiger partial charge in [-0.2, -0.15) is 0 Å². The Balaban J connectivity index is 1.31. The summed E-state index contributed by atoms with van der Waals surface area (Å²) in [5.41, 5.74) is 3.16. The van der Waals surface area contributed by atoms with Crippen molar-refractivity contribution in [1.29, 1.82) is 0 Å². The number of rotatable bonds is 4. The highest BCUT2D eigenvalue weighted by atomic mass is 35.5. The van der Waals surface area contributed by atoms with Gasteiger partial charge in [0.25, 0.3) is 5.91 Å². The van der Waals surface area contributed by atoms with E-state index in [4.69, 9.17) is 16.3 Å². The summed E-state index contributed by atoms with van der Waals surface area (Å²) in [4.78, 5) is 30.1. The van der Waals surface area contributed by atoms with E-state index >= 15 is 0 Å². The molecule has 4 rings (SSSR count). The van der Waals surface area contributed by atoms with Crippen LogP contribution in [-0.4, -0.2) is 56.5 Å². The summed E-state index contributed by atoms with van der Waals surface area (Å²) >= 11 is 5.85. The van der Waals surface area contributed by atoms with Gasteiger partial charge in [0.1, 0.15) is 5.75 Å². The maximum absolute atomic E-state index is 12.4. The Morgan fingerprint density at radius 2 is 1.79 bits per heavy atom. The molecule has 1 fully saturated rings. The Bertz CT molecular complexity index is 892. The molecule has 2 aromatic rings. The van der Waals surface area contributed by atoms with Crippen LogP contribution in [0.15, 0.2) is 42.5 Å². The van der Waals surface area contributed by atoms with Crippen molar-refractivity contribution in [2.24, 2.45) is 0 Å².